The van der Waals surface area contributed by atoms with Crippen molar-refractivity contribution in [3.05, 3.63) is 101 Å². The summed E-state index contributed by atoms with van der Waals surface area (Å²) in [4.78, 5) is 28.2. The molecule has 1 aliphatic rings. The van der Waals surface area contributed by atoms with Crippen LogP contribution in [0.15, 0.2) is 84.1 Å². The molecule has 0 aliphatic carbocycles. The molecule has 0 radical (unpaired) electrons. The molecule has 7 heteroatoms. The average Bonchev–Trinajstić information content (AvgIpc) is 3.17. The van der Waals surface area contributed by atoms with Crippen molar-refractivity contribution in [2.45, 2.75) is 25.4 Å². The van der Waals surface area contributed by atoms with Gasteiger partial charge in [-0.3, -0.25) is 9.59 Å². The summed E-state index contributed by atoms with van der Waals surface area (Å²) in [6.45, 7) is 0.196. The second-order valence-electron chi connectivity index (χ2n) is 8.47. The minimum absolute atomic E-state index is 0.0941. The van der Waals surface area contributed by atoms with E-state index in [1.54, 1.807) is 37.4 Å². The van der Waals surface area contributed by atoms with Crippen LogP contribution in [0, 0.1) is 0 Å². The predicted octanol–water partition coefficient (Wildman–Crippen LogP) is 4.81. The Morgan fingerprint density at radius 2 is 1.56 bits per heavy atom. The van der Waals surface area contributed by atoms with Crippen LogP contribution in [-0.4, -0.2) is 43.0 Å². The van der Waals surface area contributed by atoms with Crippen molar-refractivity contribution in [1.82, 2.24) is 4.90 Å². The molecule has 3 aromatic carbocycles. The van der Waals surface area contributed by atoms with Crippen molar-refractivity contribution in [3.63, 3.8) is 0 Å². The molecule has 186 valence electrons. The number of Topliss-reactive ketones (excluding diaryl/α,β-unsaturated/α-hetero) is 1. The van der Waals surface area contributed by atoms with Crippen molar-refractivity contribution in [2.75, 3.05) is 21.3 Å². The third-order valence-corrected chi connectivity index (χ3v) is 6.32. The van der Waals surface area contributed by atoms with E-state index in [0.29, 0.717) is 29.2 Å². The van der Waals surface area contributed by atoms with E-state index in [-0.39, 0.29) is 24.3 Å². The lowest BCUT2D eigenvalue weighted by Gasteiger charge is -2.27. The minimum Gasteiger partial charge on any atom is -0.503 e. The van der Waals surface area contributed by atoms with Gasteiger partial charge in [-0.05, 0) is 47.4 Å². The molecule has 1 heterocycles. The van der Waals surface area contributed by atoms with Gasteiger partial charge in [-0.15, -0.1) is 0 Å². The highest BCUT2D eigenvalue weighted by Gasteiger charge is 2.43. The van der Waals surface area contributed by atoms with E-state index in [1.807, 2.05) is 42.5 Å². The summed E-state index contributed by atoms with van der Waals surface area (Å²) in [6, 6.07) is 21.4. The number of rotatable bonds is 10. The Labute approximate surface area is 210 Å². The first kappa shape index (κ1) is 24.9. The van der Waals surface area contributed by atoms with Crippen LogP contribution in [-0.2, 0) is 22.6 Å². The first-order chi connectivity index (χ1) is 17.5. The highest BCUT2D eigenvalue weighted by Crippen LogP contribution is 2.42. The number of nitrogens with zero attached hydrogens (tertiary/aromatic N) is 1. The first-order valence-corrected chi connectivity index (χ1v) is 11.6. The number of ether oxygens (including phenoxy) is 3. The summed E-state index contributed by atoms with van der Waals surface area (Å²) in [5, 5.41) is 10.9. The summed E-state index contributed by atoms with van der Waals surface area (Å²) < 4.78 is 16.0. The number of aryl methyl sites for hydroxylation is 1. The maximum atomic E-state index is 13.4. The first-order valence-electron chi connectivity index (χ1n) is 11.6. The van der Waals surface area contributed by atoms with Gasteiger partial charge in [0.25, 0.3) is 5.91 Å². The number of amides is 1. The molecule has 1 N–H and O–H groups in total. The van der Waals surface area contributed by atoms with Crippen molar-refractivity contribution < 1.29 is 28.9 Å². The van der Waals surface area contributed by atoms with Crippen molar-refractivity contribution >= 4 is 11.7 Å². The van der Waals surface area contributed by atoms with Crippen LogP contribution in [0.25, 0.3) is 0 Å². The zero-order valence-electron chi connectivity index (χ0n) is 20.6. The lowest BCUT2D eigenvalue weighted by Crippen LogP contribution is -2.30. The number of methoxy groups -OCH3 is 3. The second kappa shape index (κ2) is 11.0. The zero-order chi connectivity index (χ0) is 25.7. The molecule has 0 fully saturated rings. The van der Waals surface area contributed by atoms with Crippen LogP contribution in [0.3, 0.4) is 0 Å². The van der Waals surface area contributed by atoms with Gasteiger partial charge >= 0.3 is 0 Å². The standard InChI is InChI=1S/C29H29NO6/c1-34-22-13-9-20(10-14-22)18-30-27(21-12-16-24(35-2)25(17-21)36-3)26(28(32)29(30)33)23(31)15-11-19-7-5-4-6-8-19/h4-10,12-14,16-17,27,32H,11,15,18H2,1-3H3. The van der Waals surface area contributed by atoms with Crippen molar-refractivity contribution in [2.24, 2.45) is 0 Å². The topological polar surface area (TPSA) is 85.3 Å². The van der Waals surface area contributed by atoms with Gasteiger partial charge in [-0.2, -0.15) is 0 Å². The molecule has 0 spiro atoms. The molecule has 0 bridgehead atoms. The molecule has 4 rings (SSSR count). The molecular weight excluding hydrogens is 458 g/mol. The number of hydrogen-bond acceptors (Lipinski definition) is 6. The summed E-state index contributed by atoms with van der Waals surface area (Å²) in [7, 11) is 4.65. The van der Waals surface area contributed by atoms with Crippen molar-refractivity contribution in [1.29, 1.82) is 0 Å². The average molecular weight is 488 g/mol. The third kappa shape index (κ3) is 5.05. The van der Waals surface area contributed by atoms with E-state index in [1.165, 1.54) is 19.1 Å². The van der Waals surface area contributed by atoms with Crippen molar-refractivity contribution in [3.8, 4) is 17.2 Å². The van der Waals surface area contributed by atoms with Crippen LogP contribution in [0.4, 0.5) is 0 Å². The van der Waals surface area contributed by atoms with Gasteiger partial charge in [0.2, 0.25) is 0 Å². The molecule has 0 saturated carbocycles. The Morgan fingerprint density at radius 3 is 2.19 bits per heavy atom. The summed E-state index contributed by atoms with van der Waals surface area (Å²) in [5.41, 5.74) is 2.58. The van der Waals surface area contributed by atoms with Gasteiger partial charge < -0.3 is 24.2 Å². The van der Waals surface area contributed by atoms with Gasteiger partial charge in [-0.1, -0.05) is 48.5 Å². The molecule has 1 aliphatic heterocycles. The molecule has 1 unspecified atom stereocenters. The molecule has 36 heavy (non-hydrogen) atoms. The largest absolute Gasteiger partial charge is 0.503 e. The molecule has 1 atom stereocenters. The molecule has 0 aromatic heterocycles. The fourth-order valence-corrected chi connectivity index (χ4v) is 4.44. The molecule has 0 saturated heterocycles. The van der Waals surface area contributed by atoms with E-state index >= 15 is 0 Å². The molecular formula is C29H29NO6. The van der Waals surface area contributed by atoms with Crippen LogP contribution >= 0.6 is 0 Å². The van der Waals surface area contributed by atoms with Crippen LogP contribution < -0.4 is 14.2 Å². The van der Waals surface area contributed by atoms with Crippen LogP contribution in [0.1, 0.15) is 29.2 Å². The van der Waals surface area contributed by atoms with E-state index in [4.69, 9.17) is 14.2 Å². The highest BCUT2D eigenvalue weighted by atomic mass is 16.5. The Morgan fingerprint density at radius 1 is 0.861 bits per heavy atom. The summed E-state index contributed by atoms with van der Waals surface area (Å²) in [5.74, 6) is 0.309. The molecule has 1 amide bonds. The van der Waals surface area contributed by atoms with E-state index in [9.17, 15) is 14.7 Å². The fraction of sp³-hybridized carbons (Fsp3) is 0.241. The van der Waals surface area contributed by atoms with Crippen LogP contribution in [0.2, 0.25) is 0 Å². The van der Waals surface area contributed by atoms with Gasteiger partial charge in [0.05, 0.1) is 32.9 Å². The monoisotopic (exact) mass is 487 g/mol. The van der Waals surface area contributed by atoms with Crippen LogP contribution in [0.5, 0.6) is 17.2 Å². The predicted molar refractivity (Wildman–Crippen MR) is 135 cm³/mol. The second-order valence-corrected chi connectivity index (χ2v) is 8.47. The normalized spacial score (nSPS) is 15.2. The van der Waals surface area contributed by atoms with E-state index in [2.05, 4.69) is 0 Å². The number of ketones is 1. The van der Waals surface area contributed by atoms with E-state index < -0.39 is 17.7 Å². The fourth-order valence-electron chi connectivity index (χ4n) is 4.44. The maximum absolute atomic E-state index is 13.4. The number of aliphatic hydroxyl groups is 1. The maximum Gasteiger partial charge on any atom is 0.290 e. The number of hydrogen-bond donors (Lipinski definition) is 1. The number of carbonyl (C=O) groups is 2. The number of carbonyl (C=O) groups excluding carboxylic acids is 2. The zero-order valence-corrected chi connectivity index (χ0v) is 20.6. The Bertz CT molecular complexity index is 1270. The summed E-state index contributed by atoms with van der Waals surface area (Å²) in [6.07, 6.45) is 0.665. The summed E-state index contributed by atoms with van der Waals surface area (Å²) >= 11 is 0. The Balaban J connectivity index is 1.70. The Hall–Kier alpha value is -4.26. The molecule has 3 aromatic rings. The van der Waals surface area contributed by atoms with Gasteiger partial charge in [-0.25, -0.2) is 0 Å². The highest BCUT2D eigenvalue weighted by molar-refractivity contribution is 6.09. The third-order valence-electron chi connectivity index (χ3n) is 6.32. The number of aliphatic hydroxyl groups excluding tert-OH is 1. The number of benzene rings is 3. The lowest BCUT2D eigenvalue weighted by molar-refractivity contribution is -0.130. The minimum atomic E-state index is -0.775. The SMILES string of the molecule is COc1ccc(CN2C(=O)C(O)=C(C(=O)CCc3ccccc3)C2c2ccc(OC)c(OC)c2)cc1. The van der Waals surface area contributed by atoms with Gasteiger partial charge in [0, 0.05) is 13.0 Å². The van der Waals surface area contributed by atoms with E-state index in [0.717, 1.165) is 11.1 Å². The lowest BCUT2D eigenvalue weighted by atomic mass is 9.92. The van der Waals surface area contributed by atoms with Gasteiger partial charge in [0.1, 0.15) is 5.75 Å². The molecule has 7 nitrogen and oxygen atoms in total. The Kier molecular flexibility index (Phi) is 7.59. The smallest absolute Gasteiger partial charge is 0.290 e. The van der Waals surface area contributed by atoms with Gasteiger partial charge in [0.15, 0.2) is 23.0 Å². The quantitative estimate of drug-likeness (QED) is 0.442.